The van der Waals surface area contributed by atoms with Crippen LogP contribution in [0.3, 0.4) is 0 Å². The van der Waals surface area contributed by atoms with Gasteiger partial charge < -0.3 is 14.9 Å². The molecule has 0 aromatic heterocycles. The lowest BCUT2D eigenvalue weighted by molar-refractivity contribution is 0.104. The van der Waals surface area contributed by atoms with Crippen molar-refractivity contribution < 1.29 is 19.7 Å². The fourth-order valence-electron chi connectivity index (χ4n) is 1.77. The zero-order valence-electron chi connectivity index (χ0n) is 11.2. The van der Waals surface area contributed by atoms with Crippen LogP contribution in [0.4, 0.5) is 0 Å². The Kier molecular flexibility index (Phi) is 4.50. The van der Waals surface area contributed by atoms with Crippen LogP contribution in [0.25, 0.3) is 6.08 Å². The number of allylic oxidation sites excluding steroid dienone is 1. The predicted molar refractivity (Wildman–Crippen MR) is 81.1 cm³/mol. The zero-order valence-corrected chi connectivity index (χ0v) is 12.0. The van der Waals surface area contributed by atoms with Gasteiger partial charge in [-0.25, -0.2) is 0 Å². The van der Waals surface area contributed by atoms with E-state index < -0.39 is 0 Å². The Morgan fingerprint density at radius 1 is 1.14 bits per heavy atom. The van der Waals surface area contributed by atoms with E-state index in [4.69, 9.17) is 16.3 Å². The Hall–Kier alpha value is -2.46. The minimum absolute atomic E-state index is 0.0217. The molecule has 4 nitrogen and oxygen atoms in total. The highest BCUT2D eigenvalue weighted by molar-refractivity contribution is 6.31. The van der Waals surface area contributed by atoms with Gasteiger partial charge in [-0.2, -0.15) is 0 Å². The summed E-state index contributed by atoms with van der Waals surface area (Å²) in [7, 11) is 1.44. The van der Waals surface area contributed by atoms with E-state index in [-0.39, 0.29) is 22.8 Å². The van der Waals surface area contributed by atoms with Crippen LogP contribution in [0, 0.1) is 0 Å². The second kappa shape index (κ2) is 6.33. The van der Waals surface area contributed by atoms with Crippen molar-refractivity contribution in [3.8, 4) is 17.2 Å². The molecule has 21 heavy (non-hydrogen) atoms. The number of halogens is 1. The first-order valence-electron chi connectivity index (χ1n) is 6.09. The summed E-state index contributed by atoms with van der Waals surface area (Å²) in [5.41, 5.74) is 0.809. The first kappa shape index (κ1) is 14.9. The maximum Gasteiger partial charge on any atom is 0.189 e. The van der Waals surface area contributed by atoms with E-state index in [0.29, 0.717) is 16.3 Å². The van der Waals surface area contributed by atoms with E-state index in [2.05, 4.69) is 0 Å². The molecule has 0 spiro atoms. The molecule has 0 amide bonds. The first-order valence-corrected chi connectivity index (χ1v) is 6.47. The lowest BCUT2D eigenvalue weighted by Crippen LogP contribution is -1.94. The number of carbonyl (C=O) groups excluding carboxylic acids is 1. The average Bonchev–Trinajstić information content (AvgIpc) is 2.48. The molecule has 0 aliphatic rings. The predicted octanol–water partition coefficient (Wildman–Crippen LogP) is 3.66. The van der Waals surface area contributed by atoms with Gasteiger partial charge in [-0.05, 0) is 42.0 Å². The summed E-state index contributed by atoms with van der Waals surface area (Å²) in [4.78, 5) is 12.0. The monoisotopic (exact) mass is 304 g/mol. The molecule has 108 valence electrons. The topological polar surface area (TPSA) is 66.8 Å². The Bertz CT molecular complexity index is 707. The summed E-state index contributed by atoms with van der Waals surface area (Å²) in [5, 5.41) is 19.5. The van der Waals surface area contributed by atoms with E-state index >= 15 is 0 Å². The highest BCUT2D eigenvalue weighted by atomic mass is 35.5. The number of hydrogen-bond donors (Lipinski definition) is 2. The van der Waals surface area contributed by atoms with Gasteiger partial charge in [0.2, 0.25) is 0 Å². The molecule has 5 heteroatoms. The van der Waals surface area contributed by atoms with Crippen LogP contribution in [0.2, 0.25) is 5.02 Å². The first-order chi connectivity index (χ1) is 10.0. The molecular weight excluding hydrogens is 292 g/mol. The summed E-state index contributed by atoms with van der Waals surface area (Å²) < 4.78 is 4.99. The Balaban J connectivity index is 2.24. The minimum atomic E-state index is -0.373. The maximum absolute atomic E-state index is 12.0. The molecule has 2 aromatic carbocycles. The van der Waals surface area contributed by atoms with Gasteiger partial charge in [0.1, 0.15) is 5.75 Å². The minimum Gasteiger partial charge on any atom is -0.507 e. The van der Waals surface area contributed by atoms with Crippen molar-refractivity contribution in [2.75, 3.05) is 7.11 Å². The fourth-order valence-corrected chi connectivity index (χ4v) is 1.94. The molecule has 0 saturated heterocycles. The van der Waals surface area contributed by atoms with Crippen molar-refractivity contribution in [1.29, 1.82) is 0 Å². The number of ether oxygens (including phenoxy) is 1. The number of methoxy groups -OCH3 is 1. The van der Waals surface area contributed by atoms with Crippen LogP contribution < -0.4 is 4.74 Å². The molecule has 0 heterocycles. The molecule has 0 aliphatic heterocycles. The standard InChI is InChI=1S/C16H13ClO4/c1-21-16-8-10(3-6-15(16)20)2-5-13(18)12-9-11(17)4-7-14(12)19/h2-9,19-20H,1H3. The summed E-state index contributed by atoms with van der Waals surface area (Å²) in [5.74, 6) is -0.164. The molecule has 0 fully saturated rings. The number of phenolic OH excluding ortho intramolecular Hbond substituents is 2. The third-order valence-electron chi connectivity index (χ3n) is 2.85. The largest absolute Gasteiger partial charge is 0.507 e. The second-order valence-electron chi connectivity index (χ2n) is 4.29. The van der Waals surface area contributed by atoms with Crippen molar-refractivity contribution in [3.05, 3.63) is 58.6 Å². The summed E-state index contributed by atoms with van der Waals surface area (Å²) >= 11 is 5.80. The fraction of sp³-hybridized carbons (Fsp3) is 0.0625. The average molecular weight is 305 g/mol. The normalized spacial score (nSPS) is 10.8. The smallest absolute Gasteiger partial charge is 0.189 e. The van der Waals surface area contributed by atoms with Gasteiger partial charge in [0.05, 0.1) is 12.7 Å². The highest BCUT2D eigenvalue weighted by Gasteiger charge is 2.09. The molecule has 0 bridgehead atoms. The van der Waals surface area contributed by atoms with Gasteiger partial charge in [-0.15, -0.1) is 0 Å². The molecule has 0 saturated carbocycles. The molecule has 0 atom stereocenters. The van der Waals surface area contributed by atoms with Crippen LogP contribution in [-0.4, -0.2) is 23.1 Å². The van der Waals surface area contributed by atoms with Crippen LogP contribution in [0.15, 0.2) is 42.5 Å². The maximum atomic E-state index is 12.0. The van der Waals surface area contributed by atoms with E-state index in [1.165, 1.54) is 37.5 Å². The number of rotatable bonds is 4. The van der Waals surface area contributed by atoms with Crippen LogP contribution >= 0.6 is 11.6 Å². The lowest BCUT2D eigenvalue weighted by Gasteiger charge is -2.04. The third kappa shape index (κ3) is 3.55. The van der Waals surface area contributed by atoms with Gasteiger partial charge in [0, 0.05) is 5.02 Å². The Morgan fingerprint density at radius 3 is 2.57 bits per heavy atom. The number of carbonyl (C=O) groups is 1. The van der Waals surface area contributed by atoms with Gasteiger partial charge in [-0.1, -0.05) is 23.7 Å². The van der Waals surface area contributed by atoms with Gasteiger partial charge in [0.25, 0.3) is 0 Å². The van der Waals surface area contributed by atoms with Crippen LogP contribution in [0.5, 0.6) is 17.2 Å². The summed E-state index contributed by atoms with van der Waals surface area (Å²) in [6.07, 6.45) is 2.88. The molecule has 0 unspecified atom stereocenters. The lowest BCUT2D eigenvalue weighted by atomic mass is 10.1. The molecule has 2 aromatic rings. The molecule has 0 radical (unpaired) electrons. The van der Waals surface area contributed by atoms with E-state index in [1.807, 2.05) is 0 Å². The van der Waals surface area contributed by atoms with Gasteiger partial charge in [0.15, 0.2) is 17.3 Å². The van der Waals surface area contributed by atoms with Crippen molar-refractivity contribution in [1.82, 2.24) is 0 Å². The van der Waals surface area contributed by atoms with Gasteiger partial charge >= 0.3 is 0 Å². The number of benzene rings is 2. The van der Waals surface area contributed by atoms with E-state index in [0.717, 1.165) is 0 Å². The third-order valence-corrected chi connectivity index (χ3v) is 3.09. The summed E-state index contributed by atoms with van der Waals surface area (Å²) in [6.45, 7) is 0. The van der Waals surface area contributed by atoms with Crippen molar-refractivity contribution in [2.24, 2.45) is 0 Å². The number of phenols is 2. The quantitative estimate of drug-likeness (QED) is 0.668. The Labute approximate surface area is 126 Å². The van der Waals surface area contributed by atoms with Crippen LogP contribution in [-0.2, 0) is 0 Å². The number of ketones is 1. The molecular formula is C16H13ClO4. The highest BCUT2D eigenvalue weighted by Crippen LogP contribution is 2.27. The summed E-state index contributed by atoms with van der Waals surface area (Å²) in [6, 6.07) is 8.98. The Morgan fingerprint density at radius 2 is 1.86 bits per heavy atom. The zero-order chi connectivity index (χ0) is 15.4. The van der Waals surface area contributed by atoms with Crippen molar-refractivity contribution in [2.45, 2.75) is 0 Å². The molecule has 0 aliphatic carbocycles. The van der Waals surface area contributed by atoms with E-state index in [9.17, 15) is 15.0 Å². The van der Waals surface area contributed by atoms with Crippen molar-refractivity contribution in [3.63, 3.8) is 0 Å². The molecule has 2 rings (SSSR count). The van der Waals surface area contributed by atoms with Crippen LogP contribution in [0.1, 0.15) is 15.9 Å². The SMILES string of the molecule is COc1cc(C=CC(=O)c2cc(Cl)ccc2O)ccc1O. The number of aromatic hydroxyl groups is 2. The molecule has 2 N–H and O–H groups in total. The van der Waals surface area contributed by atoms with E-state index in [1.54, 1.807) is 18.2 Å². The second-order valence-corrected chi connectivity index (χ2v) is 4.73. The number of hydrogen-bond acceptors (Lipinski definition) is 4. The van der Waals surface area contributed by atoms with Crippen molar-refractivity contribution >= 4 is 23.5 Å². The van der Waals surface area contributed by atoms with Gasteiger partial charge in [-0.3, -0.25) is 4.79 Å².